The molecule has 0 amide bonds. The number of allylic oxidation sites excluding steroid dienone is 1. The van der Waals surface area contributed by atoms with Gasteiger partial charge in [-0.1, -0.05) is 33.8 Å². The number of hydrogen-bond acceptors (Lipinski definition) is 13. The van der Waals surface area contributed by atoms with Crippen LogP contribution in [-0.2, 0) is 39.8 Å². The molecule has 350 valence electrons. The van der Waals surface area contributed by atoms with Crippen molar-refractivity contribution < 1.29 is 53.1 Å². The van der Waals surface area contributed by atoms with Gasteiger partial charge in [0.2, 0.25) is 0 Å². The molecule has 10 fully saturated rings. The standard InChI is InChI=1S/C51H70N2O11/c1-26(2)8-14-47(4)39-38(56)40(57)48(5)37(50(39)24-61-45(59)49(44(50)64-47)15-9-27(21-49)23-54)10-13-46(3)41(62-43(58)42-51(46,48)63-42)30-12-17-60-36(30)20-33-31-18-29-11-16-53-25-52-22-34(53)32(29)19-28(31)6-7-35(33)55/h11-12,16-17,26-29,31-35,37,39-42,44,52,54-55,57H,6-10,13-15,18-25H2,1-5H3/t27-,28+,29-,31+,32+,33-,34+,35+,37+,39-,40-,41+,42-,44+,46+,47+,48+,49+,50-,51-/m1/s1. The molecule has 1 aromatic rings. The highest BCUT2D eigenvalue weighted by Crippen LogP contribution is 2.81. The molecule has 64 heavy (non-hydrogen) atoms. The molecule has 7 heterocycles. The van der Waals surface area contributed by atoms with Crippen LogP contribution in [0.1, 0.15) is 123 Å². The second-order valence-corrected chi connectivity index (χ2v) is 24.0. The summed E-state index contributed by atoms with van der Waals surface area (Å²) in [6.45, 7) is 12.2. The van der Waals surface area contributed by atoms with Crippen molar-refractivity contribution in [2.24, 2.45) is 74.9 Å². The molecule has 20 atom stereocenters. The van der Waals surface area contributed by atoms with Crippen LogP contribution in [0.15, 0.2) is 29.0 Å². The van der Waals surface area contributed by atoms with Gasteiger partial charge >= 0.3 is 11.9 Å². The van der Waals surface area contributed by atoms with Crippen molar-refractivity contribution in [3.05, 3.63) is 35.9 Å². The number of fused-ring (bicyclic) bond motifs is 6. The Bertz CT molecular complexity index is 2140. The fraction of sp³-hybridized carbons (Fsp3) is 0.824. The van der Waals surface area contributed by atoms with Crippen LogP contribution in [-0.4, -0.2) is 106 Å². The van der Waals surface area contributed by atoms with E-state index in [-0.39, 0.29) is 36.8 Å². The highest BCUT2D eigenvalue weighted by Gasteiger charge is 2.92. The molecule has 0 radical (unpaired) electrons. The molecule has 0 unspecified atom stereocenters. The minimum atomic E-state index is -1.48. The molecule has 4 N–H and O–H groups in total. The van der Waals surface area contributed by atoms with Gasteiger partial charge in [-0.2, -0.15) is 0 Å². The lowest BCUT2D eigenvalue weighted by atomic mass is 9.35. The fourth-order valence-electron chi connectivity index (χ4n) is 18.1. The molecule has 11 aliphatic rings. The van der Waals surface area contributed by atoms with Crippen molar-refractivity contribution in [1.82, 2.24) is 10.2 Å². The van der Waals surface area contributed by atoms with Crippen LogP contribution in [0.2, 0.25) is 0 Å². The molecule has 5 aliphatic carbocycles. The third kappa shape index (κ3) is 5.21. The van der Waals surface area contributed by atoms with Crippen LogP contribution >= 0.6 is 0 Å². The number of furan rings is 1. The smallest absolute Gasteiger partial charge is 0.339 e. The summed E-state index contributed by atoms with van der Waals surface area (Å²) in [6, 6.07) is 2.44. The van der Waals surface area contributed by atoms with Gasteiger partial charge in [0.25, 0.3) is 0 Å². The van der Waals surface area contributed by atoms with E-state index in [0.717, 1.165) is 50.9 Å². The quantitative estimate of drug-likeness (QED) is 0.207. The van der Waals surface area contributed by atoms with Crippen LogP contribution in [0.3, 0.4) is 0 Å². The number of cyclic esters (lactones) is 2. The lowest BCUT2D eigenvalue weighted by Crippen LogP contribution is -2.77. The van der Waals surface area contributed by atoms with Gasteiger partial charge in [0, 0.05) is 47.4 Å². The number of aliphatic hydroxyl groups is 3. The lowest BCUT2D eigenvalue weighted by Gasteiger charge is -2.67. The predicted molar refractivity (Wildman–Crippen MR) is 229 cm³/mol. The maximum Gasteiger partial charge on any atom is 0.339 e. The first-order valence-corrected chi connectivity index (χ1v) is 25.0. The topological polar surface area (TPSA) is 181 Å². The highest BCUT2D eigenvalue weighted by atomic mass is 16.7. The number of hydrogen-bond donors (Lipinski definition) is 4. The zero-order chi connectivity index (χ0) is 44.5. The largest absolute Gasteiger partial charge is 0.469 e. The number of carbonyl (C=O) groups excluding carboxylic acids is 3. The normalized spacial score (nSPS) is 53.1. The van der Waals surface area contributed by atoms with E-state index in [0.29, 0.717) is 86.3 Å². The lowest BCUT2D eigenvalue weighted by molar-refractivity contribution is -0.264. The molecule has 0 bridgehead atoms. The summed E-state index contributed by atoms with van der Waals surface area (Å²) in [5.41, 5.74) is -5.70. The number of carbonyl (C=O) groups is 3. The molecular weight excluding hydrogens is 817 g/mol. The number of epoxide rings is 1. The van der Waals surface area contributed by atoms with Crippen molar-refractivity contribution >= 4 is 17.7 Å². The van der Waals surface area contributed by atoms with E-state index in [1.165, 1.54) is 0 Å². The van der Waals surface area contributed by atoms with Crippen molar-refractivity contribution in [1.29, 1.82) is 0 Å². The summed E-state index contributed by atoms with van der Waals surface area (Å²) >= 11 is 0. The molecular formula is C51H70N2O11. The van der Waals surface area contributed by atoms with Gasteiger partial charge in [0.15, 0.2) is 11.9 Å². The van der Waals surface area contributed by atoms with E-state index in [2.05, 4.69) is 43.3 Å². The Morgan fingerprint density at radius 1 is 0.984 bits per heavy atom. The van der Waals surface area contributed by atoms with Gasteiger partial charge in [-0.25, -0.2) is 4.79 Å². The maximum absolute atomic E-state index is 15.5. The molecule has 13 heteroatoms. The third-order valence-electron chi connectivity index (χ3n) is 21.0. The molecule has 5 saturated heterocycles. The number of nitrogens with one attached hydrogen (secondary N) is 1. The van der Waals surface area contributed by atoms with Crippen LogP contribution in [0, 0.1) is 74.9 Å². The number of aliphatic hydroxyl groups excluding tert-OH is 3. The van der Waals surface area contributed by atoms with Crippen LogP contribution in [0.5, 0.6) is 0 Å². The first-order valence-electron chi connectivity index (χ1n) is 25.0. The zero-order valence-corrected chi connectivity index (χ0v) is 38.3. The van der Waals surface area contributed by atoms with Crippen molar-refractivity contribution in [3.8, 4) is 0 Å². The molecule has 12 rings (SSSR count). The van der Waals surface area contributed by atoms with E-state index < -0.39 is 81.2 Å². The minimum absolute atomic E-state index is 0.0149. The Morgan fingerprint density at radius 2 is 1.81 bits per heavy atom. The summed E-state index contributed by atoms with van der Waals surface area (Å²) < 4.78 is 33.5. The van der Waals surface area contributed by atoms with Crippen LogP contribution < -0.4 is 5.32 Å². The molecule has 13 nitrogen and oxygen atoms in total. The average Bonchev–Trinajstić information content (AvgIpc) is 3.66. The first-order chi connectivity index (χ1) is 30.6. The Kier molecular flexibility index (Phi) is 9.39. The van der Waals surface area contributed by atoms with Crippen LogP contribution in [0.4, 0.5) is 0 Å². The van der Waals surface area contributed by atoms with Gasteiger partial charge < -0.3 is 43.6 Å². The number of nitrogens with zero attached hydrogens (tertiary/aromatic N) is 1. The van der Waals surface area contributed by atoms with E-state index in [1.54, 1.807) is 6.26 Å². The van der Waals surface area contributed by atoms with E-state index >= 15 is 4.79 Å². The molecule has 0 aromatic carbocycles. The van der Waals surface area contributed by atoms with Gasteiger partial charge in [0.05, 0.1) is 42.1 Å². The summed E-state index contributed by atoms with van der Waals surface area (Å²) in [5, 5.41) is 38.7. The van der Waals surface area contributed by atoms with Crippen molar-refractivity contribution in [2.75, 3.05) is 26.4 Å². The summed E-state index contributed by atoms with van der Waals surface area (Å²) in [6.07, 6.45) is 10.5. The maximum atomic E-state index is 15.5. The SMILES string of the molecule is CC(C)CC[C@]1(C)O[C@H]2[C@@]3(CC[C@@H](CO)C3)C(=O)OC[C@]23[C@H]2CC[C@@]4(C)[C@H](c5ccoc5C[C@@H]5[C@H]6C[C@H]7C=CN8CNC[C@H]8[C@H]7C[C@@H]6CC[C@@H]5O)OC(=O)[C@H]5O[C@]54[C@]2(C)[C@H](O)C(=O)[C@@H]31. The monoisotopic (exact) mass is 886 g/mol. The summed E-state index contributed by atoms with van der Waals surface area (Å²) in [5.74, 6) is 0.528. The Balaban J connectivity index is 0.908. The van der Waals surface area contributed by atoms with Gasteiger partial charge in [-0.15, -0.1) is 0 Å². The molecule has 5 saturated carbocycles. The highest BCUT2D eigenvalue weighted by molar-refractivity contribution is 5.92. The summed E-state index contributed by atoms with van der Waals surface area (Å²) in [7, 11) is 0. The first kappa shape index (κ1) is 42.5. The number of rotatable bonds is 7. The van der Waals surface area contributed by atoms with Crippen molar-refractivity contribution in [3.63, 3.8) is 0 Å². The average molecular weight is 887 g/mol. The van der Waals surface area contributed by atoms with Crippen LogP contribution in [0.25, 0.3) is 0 Å². The zero-order valence-electron chi connectivity index (χ0n) is 38.3. The second kappa shape index (κ2) is 14.1. The minimum Gasteiger partial charge on any atom is -0.469 e. The van der Waals surface area contributed by atoms with E-state index in [4.69, 9.17) is 23.4 Å². The third-order valence-corrected chi connectivity index (χ3v) is 21.0. The number of ketones is 1. The van der Waals surface area contributed by atoms with E-state index in [9.17, 15) is 24.9 Å². The number of Topliss-reactive ketones (excluding diaryl/α,β-unsaturated/α-hetero) is 1. The molecule has 3 spiro atoms. The van der Waals surface area contributed by atoms with Gasteiger partial charge in [-0.3, -0.25) is 14.9 Å². The molecule has 1 aromatic heterocycles. The Labute approximate surface area is 376 Å². The fourth-order valence-corrected chi connectivity index (χ4v) is 18.1. The van der Waals surface area contributed by atoms with Crippen molar-refractivity contribution in [2.45, 2.75) is 159 Å². The van der Waals surface area contributed by atoms with Gasteiger partial charge in [0.1, 0.15) is 30.2 Å². The van der Waals surface area contributed by atoms with E-state index in [1.807, 2.05) is 19.9 Å². The Hall–Kier alpha value is -2.81. The Morgan fingerprint density at radius 3 is 2.59 bits per heavy atom. The van der Waals surface area contributed by atoms with Gasteiger partial charge in [-0.05, 0) is 137 Å². The number of esters is 2. The summed E-state index contributed by atoms with van der Waals surface area (Å²) in [4.78, 5) is 46.7. The molecule has 6 aliphatic heterocycles. The predicted octanol–water partition coefficient (Wildman–Crippen LogP) is 5.24. The second-order valence-electron chi connectivity index (χ2n) is 24.0. The number of ether oxygens (including phenoxy) is 4.